The summed E-state index contributed by atoms with van der Waals surface area (Å²) in [5.74, 6) is 0.0166. The van der Waals surface area contributed by atoms with Crippen LogP contribution in [0.3, 0.4) is 0 Å². The first kappa shape index (κ1) is 24.5. The highest BCUT2D eigenvalue weighted by Crippen LogP contribution is 2.19. The monoisotopic (exact) mass is 488 g/mol. The van der Waals surface area contributed by atoms with Crippen molar-refractivity contribution in [3.8, 4) is 0 Å². The maximum Gasteiger partial charge on any atom is 0.287 e. The molecule has 1 aromatic heterocycles. The van der Waals surface area contributed by atoms with Gasteiger partial charge < -0.3 is 19.7 Å². The van der Waals surface area contributed by atoms with Crippen LogP contribution in [0.5, 0.6) is 0 Å². The van der Waals surface area contributed by atoms with Gasteiger partial charge in [0.2, 0.25) is 5.91 Å². The van der Waals surface area contributed by atoms with Gasteiger partial charge in [-0.3, -0.25) is 14.5 Å². The second-order valence-electron chi connectivity index (χ2n) is 9.95. The molecule has 2 aliphatic rings. The van der Waals surface area contributed by atoms with Gasteiger partial charge in [0, 0.05) is 38.8 Å². The highest BCUT2D eigenvalue weighted by atomic mass is 16.2. The Kier molecular flexibility index (Phi) is 7.63. The van der Waals surface area contributed by atoms with E-state index >= 15 is 0 Å². The van der Waals surface area contributed by atoms with Gasteiger partial charge in [0.05, 0.1) is 17.6 Å². The number of imidazole rings is 1. The number of hydrogen-bond donors (Lipinski definition) is 1. The maximum atomic E-state index is 13.1. The third-order valence-corrected chi connectivity index (χ3v) is 7.60. The molecule has 8 heteroatoms. The van der Waals surface area contributed by atoms with Gasteiger partial charge in [-0.05, 0) is 57.1 Å². The second kappa shape index (κ2) is 11.2. The number of rotatable bonds is 7. The summed E-state index contributed by atoms with van der Waals surface area (Å²) in [7, 11) is 2.18. The number of nitrogens with zero attached hydrogens (tertiary/aromatic N) is 5. The van der Waals surface area contributed by atoms with Gasteiger partial charge in [-0.15, -0.1) is 0 Å². The van der Waals surface area contributed by atoms with E-state index in [2.05, 4.69) is 39.3 Å². The van der Waals surface area contributed by atoms with E-state index in [9.17, 15) is 9.59 Å². The fourth-order valence-electron chi connectivity index (χ4n) is 5.40. The number of piperidine rings is 1. The summed E-state index contributed by atoms with van der Waals surface area (Å²) in [5, 5.41) is 2.84. The number of piperazine rings is 1. The summed E-state index contributed by atoms with van der Waals surface area (Å²) in [5.41, 5.74) is 2.92. The van der Waals surface area contributed by atoms with Crippen LogP contribution >= 0.6 is 0 Å². The summed E-state index contributed by atoms with van der Waals surface area (Å²) in [4.78, 5) is 37.4. The van der Waals surface area contributed by atoms with Gasteiger partial charge in [-0.2, -0.15) is 0 Å². The normalized spacial score (nSPS) is 18.0. The predicted molar refractivity (Wildman–Crippen MR) is 141 cm³/mol. The van der Waals surface area contributed by atoms with Gasteiger partial charge in [0.1, 0.15) is 0 Å². The second-order valence-corrected chi connectivity index (χ2v) is 9.95. The number of carbonyl (C=O) groups excluding carboxylic acids is 2. The average Bonchev–Trinajstić information content (AvgIpc) is 3.30. The number of fused-ring (bicyclic) bond motifs is 1. The SMILES string of the molecule is CN1CCC(N2CCN(C(=O)CNC(=O)c3nc4ccccc4n3CCc3ccccc3)CC2)CC1. The Bertz CT molecular complexity index is 1180. The lowest BCUT2D eigenvalue weighted by Crippen LogP contribution is -2.55. The molecular formula is C28H36N6O2. The van der Waals surface area contributed by atoms with Crippen molar-refractivity contribution in [1.82, 2.24) is 29.6 Å². The third-order valence-electron chi connectivity index (χ3n) is 7.60. The fraction of sp³-hybridized carbons (Fsp3) is 0.464. The van der Waals surface area contributed by atoms with E-state index in [1.54, 1.807) is 0 Å². The molecule has 2 aliphatic heterocycles. The molecule has 3 aromatic rings. The lowest BCUT2D eigenvalue weighted by atomic mass is 10.0. The van der Waals surface area contributed by atoms with E-state index in [0.29, 0.717) is 18.4 Å². The largest absolute Gasteiger partial charge is 0.340 e. The first-order valence-corrected chi connectivity index (χ1v) is 13.1. The quantitative estimate of drug-likeness (QED) is 0.552. The van der Waals surface area contributed by atoms with E-state index in [-0.39, 0.29) is 18.4 Å². The highest BCUT2D eigenvalue weighted by molar-refractivity contribution is 5.96. The van der Waals surface area contributed by atoms with Crippen molar-refractivity contribution in [3.05, 3.63) is 66.0 Å². The lowest BCUT2D eigenvalue weighted by Gasteiger charge is -2.42. The van der Waals surface area contributed by atoms with Gasteiger partial charge >= 0.3 is 0 Å². The fourth-order valence-corrected chi connectivity index (χ4v) is 5.40. The standard InChI is InChI=1S/C28H36N6O2/c1-31-14-12-23(13-15-31)32-17-19-33(20-18-32)26(35)21-29-28(36)27-30-24-9-5-6-10-25(24)34(27)16-11-22-7-3-2-4-8-22/h2-10,23H,11-21H2,1H3,(H,29,36). The summed E-state index contributed by atoms with van der Waals surface area (Å²) < 4.78 is 1.96. The highest BCUT2D eigenvalue weighted by Gasteiger charge is 2.28. The zero-order valence-electron chi connectivity index (χ0n) is 21.1. The molecule has 5 rings (SSSR count). The minimum absolute atomic E-state index is 0.00501. The van der Waals surface area contributed by atoms with E-state index < -0.39 is 0 Å². The molecule has 2 fully saturated rings. The van der Waals surface area contributed by atoms with Crippen LogP contribution in [0.15, 0.2) is 54.6 Å². The van der Waals surface area contributed by atoms with Crippen molar-refractivity contribution in [2.24, 2.45) is 0 Å². The summed E-state index contributed by atoms with van der Waals surface area (Å²) in [6.07, 6.45) is 3.19. The van der Waals surface area contributed by atoms with Crippen molar-refractivity contribution < 1.29 is 9.59 Å². The molecule has 2 amide bonds. The smallest absolute Gasteiger partial charge is 0.287 e. The lowest BCUT2D eigenvalue weighted by molar-refractivity contribution is -0.132. The molecule has 0 saturated carbocycles. The molecule has 0 bridgehead atoms. The van der Waals surface area contributed by atoms with Crippen molar-refractivity contribution in [3.63, 3.8) is 0 Å². The molecule has 2 aromatic carbocycles. The van der Waals surface area contributed by atoms with E-state index in [0.717, 1.165) is 56.7 Å². The minimum atomic E-state index is -0.308. The summed E-state index contributed by atoms with van der Waals surface area (Å²) >= 11 is 0. The van der Waals surface area contributed by atoms with Gasteiger partial charge in [0.15, 0.2) is 5.82 Å². The number of carbonyl (C=O) groups is 2. The summed E-state index contributed by atoms with van der Waals surface area (Å²) in [6.45, 7) is 6.17. The summed E-state index contributed by atoms with van der Waals surface area (Å²) in [6, 6.07) is 18.6. The first-order chi connectivity index (χ1) is 17.6. The van der Waals surface area contributed by atoms with Crippen LogP contribution in [-0.2, 0) is 17.8 Å². The molecule has 0 aliphatic carbocycles. The molecule has 36 heavy (non-hydrogen) atoms. The predicted octanol–water partition coefficient (Wildman–Crippen LogP) is 2.25. The van der Waals surface area contributed by atoms with Crippen molar-refractivity contribution in [1.29, 1.82) is 0 Å². The first-order valence-electron chi connectivity index (χ1n) is 13.1. The van der Waals surface area contributed by atoms with Gasteiger partial charge in [0.25, 0.3) is 5.91 Å². The number of amides is 2. The molecule has 1 N–H and O–H groups in total. The van der Waals surface area contributed by atoms with Crippen LogP contribution in [-0.4, -0.2) is 95.0 Å². The Labute approximate surface area is 212 Å². The zero-order chi connectivity index (χ0) is 24.9. The Morgan fingerprint density at radius 3 is 2.36 bits per heavy atom. The number of para-hydroxylation sites is 2. The third kappa shape index (κ3) is 5.60. The van der Waals surface area contributed by atoms with E-state index in [1.165, 1.54) is 18.4 Å². The molecular weight excluding hydrogens is 452 g/mol. The Balaban J connectivity index is 1.17. The molecule has 3 heterocycles. The zero-order valence-corrected chi connectivity index (χ0v) is 21.1. The van der Waals surface area contributed by atoms with Crippen molar-refractivity contribution in [2.45, 2.75) is 31.8 Å². The van der Waals surface area contributed by atoms with Gasteiger partial charge in [-0.25, -0.2) is 4.98 Å². The van der Waals surface area contributed by atoms with Crippen LogP contribution in [0.1, 0.15) is 29.0 Å². The molecule has 0 unspecified atom stereocenters. The van der Waals surface area contributed by atoms with Crippen LogP contribution in [0, 0.1) is 0 Å². The molecule has 0 spiro atoms. The average molecular weight is 489 g/mol. The van der Waals surface area contributed by atoms with Crippen LogP contribution in [0.2, 0.25) is 0 Å². The van der Waals surface area contributed by atoms with Gasteiger partial charge in [-0.1, -0.05) is 42.5 Å². The Morgan fingerprint density at radius 1 is 0.917 bits per heavy atom. The van der Waals surface area contributed by atoms with Crippen molar-refractivity contribution in [2.75, 3.05) is 52.9 Å². The Hall–Kier alpha value is -3.23. The maximum absolute atomic E-state index is 13.1. The Morgan fingerprint density at radius 2 is 1.61 bits per heavy atom. The molecule has 0 radical (unpaired) electrons. The van der Waals surface area contributed by atoms with Crippen molar-refractivity contribution >= 4 is 22.8 Å². The van der Waals surface area contributed by atoms with E-state index in [1.807, 2.05) is 51.9 Å². The van der Waals surface area contributed by atoms with Crippen LogP contribution in [0.4, 0.5) is 0 Å². The number of nitrogens with one attached hydrogen (secondary N) is 1. The number of hydrogen-bond acceptors (Lipinski definition) is 5. The van der Waals surface area contributed by atoms with Crippen LogP contribution in [0.25, 0.3) is 11.0 Å². The number of aryl methyl sites for hydroxylation is 2. The number of aromatic nitrogens is 2. The number of benzene rings is 2. The molecule has 0 atom stereocenters. The van der Waals surface area contributed by atoms with E-state index in [4.69, 9.17) is 0 Å². The molecule has 190 valence electrons. The number of likely N-dealkylation sites (tertiary alicyclic amines) is 1. The topological polar surface area (TPSA) is 73.7 Å². The molecule has 8 nitrogen and oxygen atoms in total. The minimum Gasteiger partial charge on any atom is -0.340 e. The van der Waals surface area contributed by atoms with Crippen LogP contribution < -0.4 is 5.32 Å². The molecule has 2 saturated heterocycles.